The zero-order chi connectivity index (χ0) is 28.6. The Morgan fingerprint density at radius 2 is 1.69 bits per heavy atom. The van der Waals surface area contributed by atoms with Crippen LogP contribution in [0.2, 0.25) is 0 Å². The van der Waals surface area contributed by atoms with Gasteiger partial charge in [0.2, 0.25) is 21.8 Å². The van der Waals surface area contributed by atoms with Gasteiger partial charge in [-0.3, -0.25) is 14.5 Å². The van der Waals surface area contributed by atoms with Gasteiger partial charge >= 0.3 is 0 Å². The van der Waals surface area contributed by atoms with E-state index in [1.807, 2.05) is 44.2 Å². The molecule has 0 saturated carbocycles. The van der Waals surface area contributed by atoms with Crippen molar-refractivity contribution in [2.24, 2.45) is 17.6 Å². The van der Waals surface area contributed by atoms with Crippen LogP contribution in [0.15, 0.2) is 54.6 Å². The number of halogens is 1. The standard InChI is InChI=1S/C28H40FN5O4S/c1-20(2)17-34-14-13-33(19-39(34,37)38)18-27(35)32-26(16-22-7-5-4-6-8-22)25(30)15-21(3)28(36)31-24-11-9-23(29)10-12-24/h4-12,20-21,25-26H,13-19,30H2,1-3H3,(H,31,36)(H,32,35)/t21-,25+,26+/m1/s1. The molecule has 3 atom stereocenters. The Bertz CT molecular complexity index is 1190. The van der Waals surface area contributed by atoms with Crippen LogP contribution in [0.25, 0.3) is 0 Å². The van der Waals surface area contributed by atoms with Crippen molar-refractivity contribution in [3.8, 4) is 0 Å². The first-order chi connectivity index (χ1) is 18.4. The lowest BCUT2D eigenvalue weighted by molar-refractivity contribution is -0.123. The van der Waals surface area contributed by atoms with Crippen LogP contribution in [0.3, 0.4) is 0 Å². The van der Waals surface area contributed by atoms with Gasteiger partial charge in [-0.1, -0.05) is 51.1 Å². The highest BCUT2D eigenvalue weighted by atomic mass is 32.2. The van der Waals surface area contributed by atoms with Crippen molar-refractivity contribution < 1.29 is 22.4 Å². The normalized spacial score (nSPS) is 18.3. The summed E-state index contributed by atoms with van der Waals surface area (Å²) in [6.45, 7) is 6.91. The van der Waals surface area contributed by atoms with E-state index in [2.05, 4.69) is 10.6 Å². The molecule has 0 spiro atoms. The number of hydrogen-bond acceptors (Lipinski definition) is 6. The number of benzene rings is 2. The smallest absolute Gasteiger partial charge is 0.234 e. The Balaban J connectivity index is 1.62. The SMILES string of the molecule is CC(C)CN1CCN(CC(=O)N[C@@H](Cc2ccccc2)[C@@H](N)C[C@@H](C)C(=O)Nc2ccc(F)cc2)CS1(=O)=O. The molecular weight excluding hydrogens is 521 g/mol. The average molecular weight is 562 g/mol. The fourth-order valence-electron chi connectivity index (χ4n) is 4.62. The average Bonchev–Trinajstić information content (AvgIpc) is 2.86. The summed E-state index contributed by atoms with van der Waals surface area (Å²) in [5.74, 6) is -1.43. The van der Waals surface area contributed by atoms with E-state index in [-0.39, 0.29) is 30.2 Å². The summed E-state index contributed by atoms with van der Waals surface area (Å²) in [6.07, 6.45) is 0.758. The number of sulfonamides is 1. The van der Waals surface area contributed by atoms with E-state index < -0.39 is 33.8 Å². The van der Waals surface area contributed by atoms with Gasteiger partial charge in [0.1, 0.15) is 11.7 Å². The molecule has 2 aromatic rings. The van der Waals surface area contributed by atoms with Crippen LogP contribution in [0.1, 0.15) is 32.8 Å². The molecule has 1 heterocycles. The molecule has 0 aromatic heterocycles. The van der Waals surface area contributed by atoms with E-state index in [4.69, 9.17) is 5.73 Å². The third-order valence-electron chi connectivity index (χ3n) is 6.69. The number of nitrogens with zero attached hydrogens (tertiary/aromatic N) is 2. The number of amides is 2. The molecule has 39 heavy (non-hydrogen) atoms. The van der Waals surface area contributed by atoms with Gasteiger partial charge in [0.15, 0.2) is 0 Å². The monoisotopic (exact) mass is 561 g/mol. The van der Waals surface area contributed by atoms with Gasteiger partial charge in [-0.2, -0.15) is 4.31 Å². The zero-order valence-electron chi connectivity index (χ0n) is 22.8. The molecule has 4 N–H and O–H groups in total. The number of hydrogen-bond donors (Lipinski definition) is 3. The van der Waals surface area contributed by atoms with Gasteiger partial charge in [-0.05, 0) is 48.6 Å². The third kappa shape index (κ3) is 9.68. The molecule has 0 unspecified atom stereocenters. The first-order valence-corrected chi connectivity index (χ1v) is 14.9. The van der Waals surface area contributed by atoms with Gasteiger partial charge < -0.3 is 16.4 Å². The first kappa shape index (κ1) is 30.7. The van der Waals surface area contributed by atoms with E-state index >= 15 is 0 Å². The predicted octanol–water partition coefficient (Wildman–Crippen LogP) is 2.41. The van der Waals surface area contributed by atoms with Crippen molar-refractivity contribution >= 4 is 27.5 Å². The molecule has 0 aliphatic carbocycles. The maximum Gasteiger partial charge on any atom is 0.234 e. The molecule has 11 heteroatoms. The highest BCUT2D eigenvalue weighted by Crippen LogP contribution is 2.17. The van der Waals surface area contributed by atoms with Crippen LogP contribution in [-0.2, 0) is 26.0 Å². The summed E-state index contributed by atoms with van der Waals surface area (Å²) in [5, 5.41) is 5.76. The fraction of sp³-hybridized carbons (Fsp3) is 0.500. The molecule has 2 amide bonds. The lowest BCUT2D eigenvalue weighted by Gasteiger charge is -2.35. The third-order valence-corrected chi connectivity index (χ3v) is 8.50. The summed E-state index contributed by atoms with van der Waals surface area (Å²) in [5.41, 5.74) is 8.01. The zero-order valence-corrected chi connectivity index (χ0v) is 23.7. The molecule has 3 rings (SSSR count). The molecular formula is C28H40FN5O4S. The van der Waals surface area contributed by atoms with Crippen LogP contribution < -0.4 is 16.4 Å². The van der Waals surface area contributed by atoms with E-state index in [1.165, 1.54) is 28.6 Å². The van der Waals surface area contributed by atoms with Crippen molar-refractivity contribution in [1.29, 1.82) is 0 Å². The number of carbonyl (C=O) groups is 2. The molecule has 0 radical (unpaired) electrons. The summed E-state index contributed by atoms with van der Waals surface area (Å²) >= 11 is 0. The largest absolute Gasteiger partial charge is 0.350 e. The minimum absolute atomic E-state index is 0.0621. The molecule has 1 aliphatic heterocycles. The minimum Gasteiger partial charge on any atom is -0.350 e. The van der Waals surface area contributed by atoms with E-state index in [9.17, 15) is 22.4 Å². The maximum absolute atomic E-state index is 13.2. The van der Waals surface area contributed by atoms with Crippen LogP contribution in [-0.4, -0.2) is 73.6 Å². The van der Waals surface area contributed by atoms with Crippen LogP contribution in [0.5, 0.6) is 0 Å². The van der Waals surface area contributed by atoms with Gasteiger partial charge in [-0.25, -0.2) is 12.8 Å². The number of nitrogens with two attached hydrogens (primary N) is 1. The molecule has 9 nitrogen and oxygen atoms in total. The lowest BCUT2D eigenvalue weighted by Crippen LogP contribution is -2.55. The van der Waals surface area contributed by atoms with Crippen molar-refractivity contribution in [3.05, 3.63) is 66.0 Å². The molecule has 0 bridgehead atoms. The van der Waals surface area contributed by atoms with Crippen molar-refractivity contribution in [3.63, 3.8) is 0 Å². The molecule has 1 fully saturated rings. The summed E-state index contributed by atoms with van der Waals surface area (Å²) in [6, 6.07) is 14.1. The maximum atomic E-state index is 13.2. The van der Waals surface area contributed by atoms with E-state index in [0.717, 1.165) is 5.56 Å². The van der Waals surface area contributed by atoms with E-state index in [1.54, 1.807) is 11.8 Å². The molecule has 1 saturated heterocycles. The first-order valence-electron chi connectivity index (χ1n) is 13.3. The summed E-state index contributed by atoms with van der Waals surface area (Å²) < 4.78 is 40.0. The van der Waals surface area contributed by atoms with E-state index in [0.29, 0.717) is 38.2 Å². The van der Waals surface area contributed by atoms with Crippen LogP contribution >= 0.6 is 0 Å². The fourth-order valence-corrected chi connectivity index (χ4v) is 6.35. The summed E-state index contributed by atoms with van der Waals surface area (Å²) in [7, 11) is -3.47. The van der Waals surface area contributed by atoms with Crippen molar-refractivity contribution in [2.45, 2.75) is 45.7 Å². The molecule has 1 aliphatic rings. The van der Waals surface area contributed by atoms with Gasteiger partial charge in [0, 0.05) is 43.3 Å². The van der Waals surface area contributed by atoms with Crippen molar-refractivity contribution in [2.75, 3.05) is 37.4 Å². The topological polar surface area (TPSA) is 125 Å². The van der Waals surface area contributed by atoms with Crippen molar-refractivity contribution in [1.82, 2.24) is 14.5 Å². The quantitative estimate of drug-likeness (QED) is 0.366. The second-order valence-electron chi connectivity index (χ2n) is 10.7. The lowest BCUT2D eigenvalue weighted by atomic mass is 9.92. The second kappa shape index (κ2) is 14.0. The summed E-state index contributed by atoms with van der Waals surface area (Å²) in [4.78, 5) is 27.4. The Morgan fingerprint density at radius 3 is 2.31 bits per heavy atom. The molecule has 214 valence electrons. The van der Waals surface area contributed by atoms with Crippen LogP contribution in [0.4, 0.5) is 10.1 Å². The minimum atomic E-state index is -3.47. The Hall–Kier alpha value is -2.86. The Labute approximate surface area is 231 Å². The van der Waals surface area contributed by atoms with Gasteiger partial charge in [0.25, 0.3) is 0 Å². The number of anilines is 1. The highest BCUT2D eigenvalue weighted by Gasteiger charge is 2.32. The number of nitrogens with one attached hydrogen (secondary N) is 2. The predicted molar refractivity (Wildman–Crippen MR) is 151 cm³/mol. The highest BCUT2D eigenvalue weighted by molar-refractivity contribution is 7.89. The Kier molecular flexibility index (Phi) is 11.0. The van der Waals surface area contributed by atoms with Gasteiger partial charge in [0.05, 0.1) is 6.54 Å². The van der Waals surface area contributed by atoms with Crippen LogP contribution in [0, 0.1) is 17.7 Å². The molecule has 2 aromatic carbocycles. The Morgan fingerprint density at radius 1 is 1.03 bits per heavy atom. The number of rotatable bonds is 12. The second-order valence-corrected chi connectivity index (χ2v) is 12.6. The van der Waals surface area contributed by atoms with Gasteiger partial charge in [-0.15, -0.1) is 0 Å². The number of carbonyl (C=O) groups excluding carboxylic acids is 2.